The first-order valence-corrected chi connectivity index (χ1v) is 22.1. The molecule has 1 unspecified atom stereocenters. The van der Waals surface area contributed by atoms with Crippen LogP contribution in [0.5, 0.6) is 0 Å². The maximum Gasteiger partial charge on any atom is 0.271 e. The van der Waals surface area contributed by atoms with Crippen molar-refractivity contribution >= 4 is 40.6 Å². The van der Waals surface area contributed by atoms with Gasteiger partial charge < -0.3 is 15.5 Å². The van der Waals surface area contributed by atoms with Gasteiger partial charge in [0.05, 0.1) is 41.5 Å². The first-order chi connectivity index (χ1) is 30.4. The minimum Gasteiger partial charge on any atom is -0.382 e. The monoisotopic (exact) mass is 858 g/mol. The van der Waals surface area contributed by atoms with E-state index in [1.165, 1.54) is 6.20 Å². The number of fused-ring (bicyclic) bond motifs is 4. The lowest BCUT2D eigenvalue weighted by atomic mass is 9.69. The van der Waals surface area contributed by atoms with Crippen molar-refractivity contribution < 1.29 is 27.6 Å². The van der Waals surface area contributed by atoms with E-state index in [-0.39, 0.29) is 30.5 Å². The van der Waals surface area contributed by atoms with Crippen molar-refractivity contribution in [2.24, 2.45) is 5.41 Å². The Labute approximate surface area is 362 Å². The predicted octanol–water partition coefficient (Wildman–Crippen LogP) is 5.86. The molecule has 6 aliphatic rings. The van der Waals surface area contributed by atoms with E-state index in [2.05, 4.69) is 42.9 Å². The second-order valence-electron chi connectivity index (χ2n) is 18.5. The van der Waals surface area contributed by atoms with Crippen LogP contribution < -0.4 is 20.9 Å². The first kappa shape index (κ1) is 39.9. The number of alkyl halides is 3. The van der Waals surface area contributed by atoms with Crippen LogP contribution in [0.2, 0.25) is 0 Å². The molecule has 2 aromatic carbocycles. The van der Waals surface area contributed by atoms with E-state index in [9.17, 15) is 18.8 Å². The topological polar surface area (TPSA) is 140 Å². The molecule has 5 aliphatic heterocycles. The summed E-state index contributed by atoms with van der Waals surface area (Å²) in [5.41, 5.74) is 9.41. The van der Waals surface area contributed by atoms with Crippen LogP contribution in [0.4, 0.5) is 30.4 Å². The number of likely N-dealkylation sites (tertiary alicyclic amines) is 2. The van der Waals surface area contributed by atoms with Gasteiger partial charge in [0.1, 0.15) is 6.17 Å². The number of hydrogen-bond acceptors (Lipinski definition) is 10. The largest absolute Gasteiger partial charge is 0.382 e. The molecule has 3 saturated heterocycles. The quantitative estimate of drug-likeness (QED) is 0.155. The Balaban J connectivity index is 0.751. The molecule has 1 saturated carbocycles. The van der Waals surface area contributed by atoms with Crippen molar-refractivity contribution in [2.75, 3.05) is 49.5 Å². The highest BCUT2D eigenvalue weighted by Crippen LogP contribution is 2.51. The second kappa shape index (κ2) is 15.1. The number of anilines is 3. The lowest BCUT2D eigenvalue weighted by Crippen LogP contribution is -2.69. The van der Waals surface area contributed by atoms with E-state index in [1.54, 1.807) is 4.52 Å². The number of nitrogens with zero attached hydrogens (tertiary/aromatic N) is 7. The fourth-order valence-electron chi connectivity index (χ4n) is 10.6. The van der Waals surface area contributed by atoms with Gasteiger partial charge in [-0.2, -0.15) is 0 Å². The number of pyridine rings is 1. The number of carbonyl (C=O) groups is 3. The molecular formula is C47H49F3N10O3. The number of imidazole rings is 1. The number of halogens is 3. The van der Waals surface area contributed by atoms with E-state index in [4.69, 9.17) is 10.1 Å². The number of aryl methyl sites for hydroxylation is 1. The van der Waals surface area contributed by atoms with Gasteiger partial charge in [0, 0.05) is 75.1 Å². The number of benzene rings is 2. The average Bonchev–Trinajstić information content (AvgIpc) is 3.57. The standard InChI is InChI=1S/C47H49F3N10O3/c1-27-7-8-28(18-34(27)32-10-12-40(61)55-44(32)62)22-57-17-14-46(47(49,50)26-57)24-58(25-46)23-29-9-11-36(52-20-29)30-4-2-6-38-31(30)13-16-59(38)42-33-5-3-15-51-41(33)43-53-21-39(60(43)56-42)45(63)54-37-19-35(37)48/h2,4,6-9,11,18,20-21,32,35,37,51H,3,5,10,12-17,19,22-26H2,1H3,(H,54,63)(H,55,61,62)/t32?,35-,37+/m0/s1. The van der Waals surface area contributed by atoms with Gasteiger partial charge in [0.15, 0.2) is 17.2 Å². The SMILES string of the molecule is Cc1ccc(CN2CCC3(CN(Cc4ccc(-c5cccc6c5CCN6c5nn6c(C(=O)N[C@@H]7C[C@@H]7F)cnc6c6c5CCCN6)nc4)C3)C(F)(F)C2)cc1C1CCC(=O)NC1=O. The van der Waals surface area contributed by atoms with Crippen LogP contribution in [0.25, 0.3) is 16.9 Å². The summed E-state index contributed by atoms with van der Waals surface area (Å²) in [6, 6.07) is 15.6. The molecule has 11 rings (SSSR count). The van der Waals surface area contributed by atoms with Crippen molar-refractivity contribution in [3.63, 3.8) is 0 Å². The Morgan fingerprint density at radius 2 is 1.76 bits per heavy atom. The van der Waals surface area contributed by atoms with Gasteiger partial charge in [-0.3, -0.25) is 34.5 Å². The molecule has 326 valence electrons. The minimum atomic E-state index is -2.86. The zero-order chi connectivity index (χ0) is 43.2. The number of nitrogens with one attached hydrogen (secondary N) is 3. The van der Waals surface area contributed by atoms with Crippen LogP contribution in [-0.2, 0) is 35.5 Å². The van der Waals surface area contributed by atoms with E-state index in [1.807, 2.05) is 54.4 Å². The summed E-state index contributed by atoms with van der Waals surface area (Å²) in [7, 11) is 0. The molecule has 8 heterocycles. The Hall–Kier alpha value is -5.87. The molecule has 63 heavy (non-hydrogen) atoms. The molecule has 3 N–H and O–H groups in total. The zero-order valence-corrected chi connectivity index (χ0v) is 35.1. The van der Waals surface area contributed by atoms with Crippen molar-refractivity contribution in [1.29, 1.82) is 0 Å². The van der Waals surface area contributed by atoms with E-state index >= 15 is 8.78 Å². The third-order valence-corrected chi connectivity index (χ3v) is 14.2. The van der Waals surface area contributed by atoms with Crippen molar-refractivity contribution in [3.8, 4) is 11.3 Å². The third kappa shape index (κ3) is 7.01. The molecule has 1 spiro atoms. The number of piperidine rings is 2. The van der Waals surface area contributed by atoms with Crippen molar-refractivity contribution in [1.82, 2.24) is 40.0 Å². The van der Waals surface area contributed by atoms with E-state index in [0.29, 0.717) is 64.2 Å². The van der Waals surface area contributed by atoms with Crippen molar-refractivity contribution in [3.05, 3.63) is 100.0 Å². The molecular weight excluding hydrogens is 810 g/mol. The second-order valence-corrected chi connectivity index (χ2v) is 18.5. The van der Waals surface area contributed by atoms with Crippen molar-refractivity contribution in [2.45, 2.75) is 89.0 Å². The molecule has 16 heteroatoms. The Morgan fingerprint density at radius 3 is 2.54 bits per heavy atom. The fraction of sp³-hybridized carbons (Fsp3) is 0.447. The third-order valence-electron chi connectivity index (χ3n) is 14.2. The first-order valence-electron chi connectivity index (χ1n) is 22.1. The Morgan fingerprint density at radius 1 is 0.937 bits per heavy atom. The van der Waals surface area contributed by atoms with Crippen LogP contribution in [-0.4, -0.2) is 105 Å². The lowest BCUT2D eigenvalue weighted by Gasteiger charge is -2.57. The van der Waals surface area contributed by atoms with E-state index in [0.717, 1.165) is 87.6 Å². The molecule has 3 atom stereocenters. The molecule has 3 amide bonds. The van der Waals surface area contributed by atoms with Gasteiger partial charge in [-0.15, -0.1) is 5.10 Å². The van der Waals surface area contributed by atoms with Crippen LogP contribution >= 0.6 is 0 Å². The zero-order valence-electron chi connectivity index (χ0n) is 35.1. The highest BCUT2D eigenvalue weighted by atomic mass is 19.3. The average molecular weight is 859 g/mol. The normalized spacial score (nSPS) is 23.8. The highest BCUT2D eigenvalue weighted by Gasteiger charge is 2.62. The van der Waals surface area contributed by atoms with Gasteiger partial charge in [0.2, 0.25) is 11.8 Å². The number of carbonyl (C=O) groups excluding carboxylic acids is 3. The van der Waals surface area contributed by atoms with Gasteiger partial charge in [0.25, 0.3) is 11.8 Å². The molecule has 5 aromatic rings. The van der Waals surface area contributed by atoms with Gasteiger partial charge in [-0.1, -0.05) is 36.4 Å². The number of hydrogen-bond donors (Lipinski definition) is 3. The molecule has 0 bridgehead atoms. The molecule has 0 radical (unpaired) electrons. The van der Waals surface area contributed by atoms with Gasteiger partial charge >= 0.3 is 0 Å². The lowest BCUT2D eigenvalue weighted by molar-refractivity contribution is -0.227. The predicted molar refractivity (Wildman–Crippen MR) is 230 cm³/mol. The summed E-state index contributed by atoms with van der Waals surface area (Å²) in [5, 5.41) is 13.7. The fourth-order valence-corrected chi connectivity index (χ4v) is 10.6. The van der Waals surface area contributed by atoms with Gasteiger partial charge in [-0.25, -0.2) is 22.7 Å². The summed E-state index contributed by atoms with van der Waals surface area (Å²) in [6.07, 6.45) is 6.33. The summed E-state index contributed by atoms with van der Waals surface area (Å²) >= 11 is 0. The number of rotatable bonds is 9. The maximum atomic E-state index is 16.0. The molecule has 13 nitrogen and oxygen atoms in total. The molecule has 1 aliphatic carbocycles. The van der Waals surface area contributed by atoms with Crippen LogP contribution in [0.3, 0.4) is 0 Å². The summed E-state index contributed by atoms with van der Waals surface area (Å²) < 4.78 is 47.3. The summed E-state index contributed by atoms with van der Waals surface area (Å²) in [4.78, 5) is 53.1. The molecule has 4 fully saturated rings. The smallest absolute Gasteiger partial charge is 0.271 e. The summed E-state index contributed by atoms with van der Waals surface area (Å²) in [6.45, 7) is 5.22. The summed E-state index contributed by atoms with van der Waals surface area (Å²) in [5.74, 6) is -3.46. The number of imide groups is 1. The number of aromatic nitrogens is 4. The Bertz CT molecular complexity index is 2680. The van der Waals surface area contributed by atoms with Gasteiger partial charge in [-0.05, 0) is 85.5 Å². The van der Waals surface area contributed by atoms with Crippen LogP contribution in [0.15, 0.2) is 60.9 Å². The van der Waals surface area contributed by atoms with E-state index < -0.39 is 35.4 Å². The molecule has 3 aromatic heterocycles. The van der Waals surface area contributed by atoms with Crippen LogP contribution in [0, 0.1) is 12.3 Å². The van der Waals surface area contributed by atoms with Crippen LogP contribution in [0.1, 0.15) is 81.9 Å². The maximum absolute atomic E-state index is 16.0. The number of amides is 3. The minimum absolute atomic E-state index is 0.260. The Kier molecular flexibility index (Phi) is 9.60. The highest BCUT2D eigenvalue weighted by molar-refractivity contribution is 6.01.